The lowest BCUT2D eigenvalue weighted by atomic mass is 9.74. The molecule has 108 valence electrons. The van der Waals surface area contributed by atoms with E-state index in [1.54, 1.807) is 10.9 Å². The maximum Gasteiger partial charge on any atom is 0.305 e. The number of aliphatic carboxylic acids is 1. The highest BCUT2D eigenvalue weighted by Gasteiger charge is 2.41. The molecule has 1 amide bonds. The fourth-order valence-corrected chi connectivity index (χ4v) is 2.56. The minimum Gasteiger partial charge on any atom is -0.481 e. The summed E-state index contributed by atoms with van der Waals surface area (Å²) in [5, 5.41) is 22.7. The third-order valence-electron chi connectivity index (χ3n) is 4.06. The first-order chi connectivity index (χ1) is 9.58. The van der Waals surface area contributed by atoms with E-state index in [0.29, 0.717) is 12.8 Å². The predicted molar refractivity (Wildman–Crippen MR) is 68.2 cm³/mol. The van der Waals surface area contributed by atoms with Crippen LogP contribution in [-0.2, 0) is 4.79 Å². The summed E-state index contributed by atoms with van der Waals surface area (Å²) in [5.74, 6) is -1.24. The van der Waals surface area contributed by atoms with E-state index in [4.69, 9.17) is 5.11 Å². The number of rotatable bonds is 5. The number of hydrogen-bond donors (Lipinski definition) is 3. The molecule has 0 aromatic carbocycles. The molecule has 8 heteroatoms. The number of nitrogens with zero attached hydrogens (tertiary/aromatic N) is 3. The standard InChI is InChI=1S/C12H17N5O3/c18-10(19)4-12(2-1-3-12)14-11(20)9-7-17(16-15-9)8-5-13-6-8/h7-8,13H,1-6H2,(H,14,20)(H,18,19). The van der Waals surface area contributed by atoms with Crippen molar-refractivity contribution in [2.75, 3.05) is 13.1 Å². The average Bonchev–Trinajstić information content (AvgIpc) is 2.72. The van der Waals surface area contributed by atoms with E-state index in [1.165, 1.54) is 0 Å². The minimum absolute atomic E-state index is 0.0422. The van der Waals surface area contributed by atoms with Gasteiger partial charge in [-0.3, -0.25) is 9.59 Å². The zero-order valence-corrected chi connectivity index (χ0v) is 11.0. The first kappa shape index (κ1) is 13.0. The van der Waals surface area contributed by atoms with Crippen molar-refractivity contribution >= 4 is 11.9 Å². The summed E-state index contributed by atoms with van der Waals surface area (Å²) in [6.07, 6.45) is 3.92. The average molecular weight is 279 g/mol. The van der Waals surface area contributed by atoms with E-state index >= 15 is 0 Å². The fourth-order valence-electron chi connectivity index (χ4n) is 2.56. The van der Waals surface area contributed by atoms with Gasteiger partial charge in [-0.05, 0) is 19.3 Å². The Bertz CT molecular complexity index is 533. The molecule has 0 bridgehead atoms. The predicted octanol–water partition coefficient (Wildman–Crippen LogP) is -0.450. The summed E-state index contributed by atoms with van der Waals surface area (Å²) in [4.78, 5) is 23.0. The second-order valence-electron chi connectivity index (χ2n) is 5.55. The number of aromatic nitrogens is 3. The van der Waals surface area contributed by atoms with Gasteiger partial charge in [0.15, 0.2) is 5.69 Å². The van der Waals surface area contributed by atoms with Crippen molar-refractivity contribution in [3.63, 3.8) is 0 Å². The smallest absolute Gasteiger partial charge is 0.305 e. The van der Waals surface area contributed by atoms with E-state index in [1.807, 2.05) is 0 Å². The highest BCUT2D eigenvalue weighted by atomic mass is 16.4. The molecule has 0 radical (unpaired) electrons. The summed E-state index contributed by atoms with van der Waals surface area (Å²) in [7, 11) is 0. The number of carboxylic acid groups (broad SMARTS) is 1. The van der Waals surface area contributed by atoms with E-state index in [0.717, 1.165) is 19.5 Å². The summed E-state index contributed by atoms with van der Waals surface area (Å²) >= 11 is 0. The molecule has 0 atom stereocenters. The van der Waals surface area contributed by atoms with Crippen molar-refractivity contribution in [2.24, 2.45) is 0 Å². The van der Waals surface area contributed by atoms with Gasteiger partial charge in [0.2, 0.25) is 0 Å². The molecule has 2 heterocycles. The first-order valence-electron chi connectivity index (χ1n) is 6.75. The summed E-state index contributed by atoms with van der Waals surface area (Å²) in [6.45, 7) is 1.65. The van der Waals surface area contributed by atoms with Crippen LogP contribution < -0.4 is 10.6 Å². The van der Waals surface area contributed by atoms with E-state index < -0.39 is 11.5 Å². The SMILES string of the molecule is O=C(O)CC1(NC(=O)c2cn(C3CNC3)nn2)CCC1. The van der Waals surface area contributed by atoms with Gasteiger partial charge in [0.1, 0.15) is 0 Å². The van der Waals surface area contributed by atoms with Crippen molar-refractivity contribution in [1.29, 1.82) is 0 Å². The van der Waals surface area contributed by atoms with E-state index in [-0.39, 0.29) is 24.1 Å². The highest BCUT2D eigenvalue weighted by molar-refractivity contribution is 5.92. The molecule has 3 N–H and O–H groups in total. The minimum atomic E-state index is -0.894. The van der Waals surface area contributed by atoms with Gasteiger partial charge in [-0.2, -0.15) is 0 Å². The molecule has 1 aromatic rings. The van der Waals surface area contributed by atoms with Crippen LogP contribution in [0.25, 0.3) is 0 Å². The summed E-state index contributed by atoms with van der Waals surface area (Å²) in [5.41, 5.74) is -0.362. The molecular formula is C12H17N5O3. The van der Waals surface area contributed by atoms with Crippen LogP contribution in [-0.4, -0.2) is 50.6 Å². The maximum atomic E-state index is 12.1. The molecule has 1 aliphatic carbocycles. The van der Waals surface area contributed by atoms with Crippen LogP contribution in [0, 0.1) is 0 Å². The monoisotopic (exact) mass is 279 g/mol. The lowest BCUT2D eigenvalue weighted by molar-refractivity contribution is -0.139. The van der Waals surface area contributed by atoms with Gasteiger partial charge >= 0.3 is 5.97 Å². The molecule has 1 aromatic heterocycles. The molecule has 1 aliphatic heterocycles. The highest BCUT2D eigenvalue weighted by Crippen LogP contribution is 2.35. The van der Waals surface area contributed by atoms with Crippen molar-refractivity contribution < 1.29 is 14.7 Å². The zero-order chi connectivity index (χ0) is 14.2. The fraction of sp³-hybridized carbons (Fsp3) is 0.667. The Labute approximate surface area is 115 Å². The van der Waals surface area contributed by atoms with Crippen LogP contribution in [0.4, 0.5) is 0 Å². The number of carbonyl (C=O) groups excluding carboxylic acids is 1. The molecule has 3 rings (SSSR count). The number of amides is 1. The largest absolute Gasteiger partial charge is 0.481 e. The quantitative estimate of drug-likeness (QED) is 0.673. The van der Waals surface area contributed by atoms with Gasteiger partial charge < -0.3 is 15.7 Å². The number of nitrogens with one attached hydrogen (secondary N) is 2. The molecule has 0 spiro atoms. The third kappa shape index (κ3) is 2.38. The molecule has 1 saturated carbocycles. The van der Waals surface area contributed by atoms with Gasteiger partial charge in [-0.1, -0.05) is 5.21 Å². The van der Waals surface area contributed by atoms with Gasteiger partial charge in [-0.25, -0.2) is 4.68 Å². The molecular weight excluding hydrogens is 262 g/mol. The normalized spacial score (nSPS) is 20.8. The van der Waals surface area contributed by atoms with E-state index in [2.05, 4.69) is 20.9 Å². The molecule has 8 nitrogen and oxygen atoms in total. The second-order valence-corrected chi connectivity index (χ2v) is 5.55. The zero-order valence-electron chi connectivity index (χ0n) is 11.0. The van der Waals surface area contributed by atoms with Crippen molar-refractivity contribution in [1.82, 2.24) is 25.6 Å². The topological polar surface area (TPSA) is 109 Å². The Morgan fingerprint density at radius 2 is 2.25 bits per heavy atom. The van der Waals surface area contributed by atoms with Crippen LogP contribution in [0.2, 0.25) is 0 Å². The molecule has 1 saturated heterocycles. The van der Waals surface area contributed by atoms with Crippen LogP contribution >= 0.6 is 0 Å². The molecule has 0 unspecified atom stereocenters. The molecule has 20 heavy (non-hydrogen) atoms. The van der Waals surface area contributed by atoms with Gasteiger partial charge in [-0.15, -0.1) is 5.10 Å². The Balaban J connectivity index is 1.66. The summed E-state index contributed by atoms with van der Waals surface area (Å²) < 4.78 is 1.68. The lowest BCUT2D eigenvalue weighted by Crippen LogP contribution is -2.54. The molecule has 2 fully saturated rings. The number of hydrogen-bond acceptors (Lipinski definition) is 5. The van der Waals surface area contributed by atoms with Crippen molar-refractivity contribution in [2.45, 2.75) is 37.3 Å². The third-order valence-corrected chi connectivity index (χ3v) is 4.06. The Kier molecular flexibility index (Phi) is 3.17. The second kappa shape index (κ2) is 4.86. The van der Waals surface area contributed by atoms with Crippen LogP contribution in [0.15, 0.2) is 6.20 Å². The van der Waals surface area contributed by atoms with Gasteiger partial charge in [0.25, 0.3) is 5.91 Å². The van der Waals surface area contributed by atoms with E-state index in [9.17, 15) is 9.59 Å². The Morgan fingerprint density at radius 1 is 1.50 bits per heavy atom. The number of carboxylic acids is 1. The van der Waals surface area contributed by atoms with Crippen LogP contribution in [0.3, 0.4) is 0 Å². The van der Waals surface area contributed by atoms with Gasteiger partial charge in [0, 0.05) is 13.1 Å². The van der Waals surface area contributed by atoms with Crippen LogP contribution in [0.5, 0.6) is 0 Å². The van der Waals surface area contributed by atoms with Gasteiger partial charge in [0.05, 0.1) is 24.2 Å². The Hall–Kier alpha value is -1.96. The van der Waals surface area contributed by atoms with Crippen molar-refractivity contribution in [3.05, 3.63) is 11.9 Å². The maximum absolute atomic E-state index is 12.1. The van der Waals surface area contributed by atoms with Crippen LogP contribution in [0.1, 0.15) is 42.2 Å². The van der Waals surface area contributed by atoms with Crippen molar-refractivity contribution in [3.8, 4) is 0 Å². The molecule has 2 aliphatic rings. The number of carbonyl (C=O) groups is 2. The Morgan fingerprint density at radius 3 is 2.75 bits per heavy atom. The first-order valence-corrected chi connectivity index (χ1v) is 6.75. The lowest BCUT2D eigenvalue weighted by Gasteiger charge is -2.41. The summed E-state index contributed by atoms with van der Waals surface area (Å²) in [6, 6.07) is 0.251.